The first-order valence-corrected chi connectivity index (χ1v) is 10.2. The van der Waals surface area contributed by atoms with Crippen LogP contribution in [0, 0.1) is 0 Å². The van der Waals surface area contributed by atoms with Gasteiger partial charge in [-0.3, -0.25) is 4.90 Å². The highest BCUT2D eigenvalue weighted by Crippen LogP contribution is 2.33. The first-order chi connectivity index (χ1) is 15.1. The van der Waals surface area contributed by atoms with Crippen molar-refractivity contribution in [1.82, 2.24) is 9.80 Å². The van der Waals surface area contributed by atoms with Crippen LogP contribution >= 0.6 is 0 Å². The van der Waals surface area contributed by atoms with Crippen LogP contribution in [0.25, 0.3) is 0 Å². The Morgan fingerprint density at radius 2 is 1.68 bits per heavy atom. The lowest BCUT2D eigenvalue weighted by molar-refractivity contribution is 0.0600. The first-order valence-electron chi connectivity index (χ1n) is 10.2. The maximum atomic E-state index is 12.5. The van der Waals surface area contributed by atoms with Crippen LogP contribution in [-0.4, -0.2) is 60.8 Å². The molecular weight excluding hydrogens is 400 g/mol. The number of carbonyl (C=O) groups is 3. The quantitative estimate of drug-likeness (QED) is 0.697. The van der Waals surface area contributed by atoms with Gasteiger partial charge < -0.3 is 19.1 Å². The van der Waals surface area contributed by atoms with Crippen molar-refractivity contribution in [2.24, 2.45) is 0 Å². The van der Waals surface area contributed by atoms with Crippen molar-refractivity contribution >= 4 is 18.2 Å². The molecule has 2 aliphatic heterocycles. The van der Waals surface area contributed by atoms with Crippen LogP contribution < -0.4 is 4.74 Å². The van der Waals surface area contributed by atoms with E-state index in [1.54, 1.807) is 29.2 Å². The predicted octanol–water partition coefficient (Wildman–Crippen LogP) is 3.63. The van der Waals surface area contributed by atoms with Gasteiger partial charge in [-0.2, -0.15) is 0 Å². The zero-order valence-electron chi connectivity index (χ0n) is 17.2. The minimum atomic E-state index is -0.451. The molecule has 8 heteroatoms. The van der Waals surface area contributed by atoms with Crippen molar-refractivity contribution in [2.45, 2.75) is 24.9 Å². The lowest BCUT2D eigenvalue weighted by Crippen LogP contribution is -2.48. The minimum absolute atomic E-state index is 0.00333. The summed E-state index contributed by atoms with van der Waals surface area (Å²) in [6.45, 7) is 1.30. The molecule has 2 aliphatic rings. The second kappa shape index (κ2) is 9.07. The van der Waals surface area contributed by atoms with Crippen LogP contribution in [0.15, 0.2) is 54.6 Å². The topological polar surface area (TPSA) is 85.4 Å². The van der Waals surface area contributed by atoms with E-state index in [1.165, 1.54) is 7.11 Å². The summed E-state index contributed by atoms with van der Waals surface area (Å²) in [5, 5.41) is 0. The van der Waals surface area contributed by atoms with Crippen molar-refractivity contribution in [2.75, 3.05) is 26.8 Å². The van der Waals surface area contributed by atoms with Gasteiger partial charge in [0.25, 0.3) is 0 Å². The fraction of sp³-hybridized carbons (Fsp3) is 0.348. The van der Waals surface area contributed by atoms with Crippen LogP contribution in [0.3, 0.4) is 0 Å². The Morgan fingerprint density at radius 1 is 1.00 bits per heavy atom. The van der Waals surface area contributed by atoms with Crippen molar-refractivity contribution in [1.29, 1.82) is 0 Å². The molecule has 8 nitrogen and oxygen atoms in total. The molecule has 1 unspecified atom stereocenters. The van der Waals surface area contributed by atoms with Crippen molar-refractivity contribution in [3.63, 3.8) is 0 Å². The van der Waals surface area contributed by atoms with Gasteiger partial charge in [0.2, 0.25) is 0 Å². The molecule has 162 valence electrons. The molecule has 0 radical (unpaired) electrons. The molecule has 0 aromatic heterocycles. The van der Waals surface area contributed by atoms with Crippen LogP contribution in [0.4, 0.5) is 9.59 Å². The molecule has 0 saturated carbocycles. The fourth-order valence-electron chi connectivity index (χ4n) is 4.04. The number of cyclic esters (lactones) is 1. The molecule has 2 amide bonds. The third-order valence-electron chi connectivity index (χ3n) is 5.69. The number of carbonyl (C=O) groups excluding carboxylic acids is 3. The number of methoxy groups -OCH3 is 1. The number of amides is 2. The average Bonchev–Trinajstić information content (AvgIpc) is 3.21. The summed E-state index contributed by atoms with van der Waals surface area (Å²) in [5.74, 6) is -0.0961. The normalized spacial score (nSPS) is 19.1. The van der Waals surface area contributed by atoms with Crippen molar-refractivity contribution in [3.8, 4) is 5.75 Å². The Bertz CT molecular complexity index is 938. The minimum Gasteiger partial charge on any atom is -0.465 e. The maximum Gasteiger partial charge on any atom is 0.415 e. The Balaban J connectivity index is 1.34. The summed E-state index contributed by atoms with van der Waals surface area (Å²) in [7, 11) is 1.31. The number of likely N-dealkylation sites (tertiary alicyclic amines) is 1. The summed E-state index contributed by atoms with van der Waals surface area (Å²) in [4.78, 5) is 39.8. The Labute approximate surface area is 180 Å². The van der Waals surface area contributed by atoms with Crippen LogP contribution in [0.1, 0.15) is 34.8 Å². The van der Waals surface area contributed by atoms with Crippen LogP contribution in [0.2, 0.25) is 0 Å². The third-order valence-corrected chi connectivity index (χ3v) is 5.69. The highest BCUT2D eigenvalue weighted by Gasteiger charge is 2.40. The molecule has 0 N–H and O–H groups in total. The molecule has 0 bridgehead atoms. The van der Waals surface area contributed by atoms with Gasteiger partial charge in [-0.1, -0.05) is 30.3 Å². The first kappa shape index (κ1) is 20.7. The molecule has 31 heavy (non-hydrogen) atoms. The molecule has 2 saturated heterocycles. The van der Waals surface area contributed by atoms with Gasteiger partial charge >= 0.3 is 18.2 Å². The number of rotatable bonds is 4. The zero-order chi connectivity index (χ0) is 21.8. The number of piperidine rings is 1. The summed E-state index contributed by atoms with van der Waals surface area (Å²) >= 11 is 0. The Hall–Kier alpha value is -3.55. The SMILES string of the molecule is COC(=O)c1ccc(OC(=O)N2CCC(N3C(=O)OCC3c3ccccc3)CC2)cc1. The standard InChI is InChI=1S/C23H24N2O6/c1-29-21(26)17-7-9-19(10-8-17)31-22(27)24-13-11-18(12-14-24)25-20(15-30-23(25)28)16-5-3-2-4-6-16/h2-10,18,20H,11-15H2,1H3. The Morgan fingerprint density at radius 3 is 2.32 bits per heavy atom. The molecule has 0 spiro atoms. The van der Waals surface area contributed by atoms with Crippen molar-refractivity contribution < 1.29 is 28.6 Å². The van der Waals surface area contributed by atoms with Gasteiger partial charge in [0, 0.05) is 19.1 Å². The number of esters is 1. The highest BCUT2D eigenvalue weighted by molar-refractivity contribution is 5.89. The molecular formula is C23H24N2O6. The smallest absolute Gasteiger partial charge is 0.415 e. The van der Waals surface area contributed by atoms with E-state index in [-0.39, 0.29) is 18.2 Å². The Kier molecular flexibility index (Phi) is 6.06. The van der Waals surface area contributed by atoms with E-state index in [0.29, 0.717) is 43.9 Å². The summed E-state index contributed by atoms with van der Waals surface area (Å²) < 4.78 is 15.4. The molecule has 2 aromatic rings. The zero-order valence-corrected chi connectivity index (χ0v) is 17.2. The molecule has 2 aromatic carbocycles. The summed E-state index contributed by atoms with van der Waals surface area (Å²) in [6, 6.07) is 15.9. The van der Waals surface area contributed by atoms with E-state index in [4.69, 9.17) is 9.47 Å². The van der Waals surface area contributed by atoms with E-state index in [9.17, 15) is 14.4 Å². The molecule has 2 heterocycles. The number of benzene rings is 2. The van der Waals surface area contributed by atoms with Crippen LogP contribution in [0.5, 0.6) is 5.75 Å². The second-order valence-corrected chi connectivity index (χ2v) is 7.51. The van der Waals surface area contributed by atoms with Gasteiger partial charge in [-0.05, 0) is 42.7 Å². The van der Waals surface area contributed by atoms with Crippen molar-refractivity contribution in [3.05, 3.63) is 65.7 Å². The monoisotopic (exact) mass is 424 g/mol. The van der Waals surface area contributed by atoms with E-state index in [0.717, 1.165) is 5.56 Å². The molecule has 2 fully saturated rings. The maximum absolute atomic E-state index is 12.5. The number of nitrogens with zero attached hydrogens (tertiary/aromatic N) is 2. The summed E-state index contributed by atoms with van der Waals surface area (Å²) in [5.41, 5.74) is 1.43. The van der Waals surface area contributed by atoms with E-state index in [2.05, 4.69) is 4.74 Å². The number of hydrogen-bond donors (Lipinski definition) is 0. The third kappa shape index (κ3) is 4.47. The van der Waals surface area contributed by atoms with Crippen LogP contribution in [-0.2, 0) is 9.47 Å². The second-order valence-electron chi connectivity index (χ2n) is 7.51. The predicted molar refractivity (Wildman–Crippen MR) is 111 cm³/mol. The number of hydrogen-bond acceptors (Lipinski definition) is 6. The van der Waals surface area contributed by atoms with Gasteiger partial charge in [0.1, 0.15) is 12.4 Å². The van der Waals surface area contributed by atoms with Gasteiger partial charge in [-0.15, -0.1) is 0 Å². The average molecular weight is 424 g/mol. The largest absolute Gasteiger partial charge is 0.465 e. The lowest BCUT2D eigenvalue weighted by atomic mass is 9.99. The van der Waals surface area contributed by atoms with E-state index in [1.807, 2.05) is 35.2 Å². The summed E-state index contributed by atoms with van der Waals surface area (Å²) in [6.07, 6.45) is 0.539. The number of ether oxygens (including phenoxy) is 3. The fourth-order valence-corrected chi connectivity index (χ4v) is 4.04. The van der Waals surface area contributed by atoms with E-state index >= 15 is 0 Å². The van der Waals surface area contributed by atoms with Gasteiger partial charge in [-0.25, -0.2) is 14.4 Å². The molecule has 4 rings (SSSR count). The lowest BCUT2D eigenvalue weighted by Gasteiger charge is -2.37. The highest BCUT2D eigenvalue weighted by atomic mass is 16.6. The van der Waals surface area contributed by atoms with Gasteiger partial charge in [0.05, 0.1) is 18.7 Å². The van der Waals surface area contributed by atoms with E-state index < -0.39 is 12.1 Å². The van der Waals surface area contributed by atoms with Gasteiger partial charge in [0.15, 0.2) is 0 Å². The molecule has 0 aliphatic carbocycles. The molecule has 1 atom stereocenters.